The topological polar surface area (TPSA) is 63.8 Å². The van der Waals surface area contributed by atoms with Crippen molar-refractivity contribution >= 4 is 11.6 Å². The first kappa shape index (κ1) is 13.7. The highest BCUT2D eigenvalue weighted by atomic mass is 15.1. The third-order valence-corrected chi connectivity index (χ3v) is 2.50. The van der Waals surface area contributed by atoms with Crippen LogP contribution >= 0.6 is 0 Å². The van der Waals surface area contributed by atoms with Crippen LogP contribution in [0.3, 0.4) is 0 Å². The van der Waals surface area contributed by atoms with Crippen LogP contribution in [0, 0.1) is 12.3 Å². The zero-order valence-corrected chi connectivity index (χ0v) is 11.8. The first-order valence-electron chi connectivity index (χ1n) is 6.08. The summed E-state index contributed by atoms with van der Waals surface area (Å²) in [7, 11) is 0. The fraction of sp³-hybridized carbons (Fsp3) is 0.692. The van der Waals surface area contributed by atoms with Gasteiger partial charge in [0.1, 0.15) is 17.5 Å². The summed E-state index contributed by atoms with van der Waals surface area (Å²) < 4.78 is 0. The van der Waals surface area contributed by atoms with Gasteiger partial charge < -0.3 is 11.1 Å². The van der Waals surface area contributed by atoms with Crippen molar-refractivity contribution in [1.29, 1.82) is 0 Å². The second-order valence-corrected chi connectivity index (χ2v) is 6.01. The van der Waals surface area contributed by atoms with Gasteiger partial charge in [0.2, 0.25) is 0 Å². The highest BCUT2D eigenvalue weighted by Crippen LogP contribution is 2.22. The second-order valence-electron chi connectivity index (χ2n) is 6.01. The van der Waals surface area contributed by atoms with Gasteiger partial charge in [-0.25, -0.2) is 9.97 Å². The van der Waals surface area contributed by atoms with E-state index < -0.39 is 0 Å². The summed E-state index contributed by atoms with van der Waals surface area (Å²) in [6.45, 7) is 13.5. The molecular formula is C13H24N4. The van der Waals surface area contributed by atoms with E-state index in [9.17, 15) is 0 Å². The van der Waals surface area contributed by atoms with Crippen LogP contribution in [0.25, 0.3) is 0 Å². The average Bonchev–Trinajstić information content (AvgIpc) is 2.18. The molecule has 17 heavy (non-hydrogen) atoms. The predicted octanol–water partition coefficient (Wildman–Crippen LogP) is 2.95. The Hall–Kier alpha value is -1.32. The van der Waals surface area contributed by atoms with Crippen LogP contribution in [-0.2, 0) is 0 Å². The third-order valence-electron chi connectivity index (χ3n) is 2.50. The molecule has 3 N–H and O–H groups in total. The van der Waals surface area contributed by atoms with Gasteiger partial charge in [-0.15, -0.1) is 0 Å². The van der Waals surface area contributed by atoms with E-state index in [1.165, 1.54) is 0 Å². The summed E-state index contributed by atoms with van der Waals surface area (Å²) in [6, 6.07) is 0. The molecule has 0 unspecified atom stereocenters. The summed E-state index contributed by atoms with van der Waals surface area (Å²) >= 11 is 0. The Balaban J connectivity index is 2.98. The zero-order valence-electron chi connectivity index (χ0n) is 11.8. The van der Waals surface area contributed by atoms with Crippen LogP contribution < -0.4 is 11.1 Å². The van der Waals surface area contributed by atoms with E-state index in [1.807, 2.05) is 6.92 Å². The van der Waals surface area contributed by atoms with E-state index in [2.05, 4.69) is 49.9 Å². The van der Waals surface area contributed by atoms with Gasteiger partial charge in [-0.1, -0.05) is 34.6 Å². The zero-order chi connectivity index (χ0) is 13.2. The maximum absolute atomic E-state index is 5.91. The molecule has 1 aromatic rings. The van der Waals surface area contributed by atoms with Gasteiger partial charge in [0.25, 0.3) is 0 Å². The monoisotopic (exact) mass is 236 g/mol. The molecule has 0 aliphatic rings. The maximum Gasteiger partial charge on any atom is 0.135 e. The van der Waals surface area contributed by atoms with E-state index in [4.69, 9.17) is 5.73 Å². The lowest BCUT2D eigenvalue weighted by atomic mass is 9.97. The predicted molar refractivity (Wildman–Crippen MR) is 73.2 cm³/mol. The highest BCUT2D eigenvalue weighted by molar-refractivity contribution is 5.55. The molecule has 0 atom stereocenters. The number of rotatable bonds is 3. The number of nitrogens with one attached hydrogen (secondary N) is 1. The van der Waals surface area contributed by atoms with Gasteiger partial charge in [0, 0.05) is 18.0 Å². The van der Waals surface area contributed by atoms with Gasteiger partial charge in [-0.2, -0.15) is 0 Å². The molecule has 0 radical (unpaired) electrons. The van der Waals surface area contributed by atoms with Crippen molar-refractivity contribution in [3.05, 3.63) is 11.4 Å². The van der Waals surface area contributed by atoms with Crippen molar-refractivity contribution < 1.29 is 0 Å². The Morgan fingerprint density at radius 3 is 2.29 bits per heavy atom. The van der Waals surface area contributed by atoms with E-state index >= 15 is 0 Å². The quantitative estimate of drug-likeness (QED) is 0.847. The number of anilines is 2. The van der Waals surface area contributed by atoms with Crippen LogP contribution in [0.2, 0.25) is 0 Å². The molecule has 0 spiro atoms. The molecule has 1 aromatic heterocycles. The lowest BCUT2D eigenvalue weighted by Gasteiger charge is -2.21. The minimum atomic E-state index is 0.212. The minimum absolute atomic E-state index is 0.212. The van der Waals surface area contributed by atoms with Crippen LogP contribution in [0.1, 0.15) is 51.9 Å². The number of nitrogens with zero attached hydrogens (tertiary/aromatic N) is 2. The number of nitrogens with two attached hydrogens (primary N) is 1. The van der Waals surface area contributed by atoms with Crippen LogP contribution in [-0.4, -0.2) is 16.5 Å². The maximum atomic E-state index is 5.91. The number of hydrogen-bond donors (Lipinski definition) is 2. The first-order valence-corrected chi connectivity index (χ1v) is 6.08. The first-order chi connectivity index (χ1) is 7.70. The summed E-state index contributed by atoms with van der Waals surface area (Å²) in [5.41, 5.74) is 7.05. The Bertz CT molecular complexity index is 391. The van der Waals surface area contributed by atoms with Crippen molar-refractivity contribution in [2.24, 2.45) is 5.41 Å². The number of nitrogen functional groups attached to an aromatic ring is 1. The summed E-state index contributed by atoms with van der Waals surface area (Å²) in [5.74, 6) is 2.51. The molecule has 1 rings (SSSR count). The largest absolute Gasteiger partial charge is 0.383 e. The van der Waals surface area contributed by atoms with E-state index in [0.717, 1.165) is 23.8 Å². The van der Waals surface area contributed by atoms with Gasteiger partial charge >= 0.3 is 0 Å². The van der Waals surface area contributed by atoms with Crippen molar-refractivity contribution in [1.82, 2.24) is 9.97 Å². The van der Waals surface area contributed by atoms with Crippen molar-refractivity contribution in [2.75, 3.05) is 17.6 Å². The Labute approximate surface area is 104 Å². The number of hydrogen-bond acceptors (Lipinski definition) is 4. The Morgan fingerprint density at radius 1 is 1.24 bits per heavy atom. The molecule has 4 heteroatoms. The normalized spacial score (nSPS) is 11.9. The smallest absolute Gasteiger partial charge is 0.135 e. The van der Waals surface area contributed by atoms with Gasteiger partial charge in [-0.05, 0) is 12.3 Å². The van der Waals surface area contributed by atoms with Crippen molar-refractivity contribution in [3.8, 4) is 0 Å². The SMILES string of the molecule is Cc1c(N)nc(C(C)C)nc1NCC(C)(C)C. The molecule has 0 amide bonds. The fourth-order valence-electron chi connectivity index (χ4n) is 1.33. The average molecular weight is 236 g/mol. The number of aromatic nitrogens is 2. The second kappa shape index (κ2) is 4.90. The molecule has 0 saturated heterocycles. The molecule has 0 aliphatic heterocycles. The molecule has 0 saturated carbocycles. The molecule has 0 aromatic carbocycles. The molecular weight excluding hydrogens is 212 g/mol. The summed E-state index contributed by atoms with van der Waals surface area (Å²) in [5, 5.41) is 3.36. The van der Waals surface area contributed by atoms with E-state index in [-0.39, 0.29) is 11.3 Å². The van der Waals surface area contributed by atoms with Crippen molar-refractivity contribution in [3.63, 3.8) is 0 Å². The van der Waals surface area contributed by atoms with Crippen LogP contribution in [0.4, 0.5) is 11.6 Å². The minimum Gasteiger partial charge on any atom is -0.383 e. The lowest BCUT2D eigenvalue weighted by Crippen LogP contribution is -2.21. The lowest BCUT2D eigenvalue weighted by molar-refractivity contribution is 0.442. The van der Waals surface area contributed by atoms with Gasteiger partial charge in [-0.3, -0.25) is 0 Å². The molecule has 96 valence electrons. The van der Waals surface area contributed by atoms with Gasteiger partial charge in [0.15, 0.2) is 0 Å². The van der Waals surface area contributed by atoms with Crippen LogP contribution in [0.15, 0.2) is 0 Å². The highest BCUT2D eigenvalue weighted by Gasteiger charge is 2.14. The Kier molecular flexibility index (Phi) is 3.96. The standard InChI is InChI=1S/C13H24N4/c1-8(2)11-16-10(14)9(3)12(17-11)15-7-13(4,5)6/h8H,7H2,1-6H3,(H3,14,15,16,17). The third kappa shape index (κ3) is 3.88. The molecule has 1 heterocycles. The Morgan fingerprint density at radius 2 is 1.82 bits per heavy atom. The van der Waals surface area contributed by atoms with E-state index in [0.29, 0.717) is 5.82 Å². The van der Waals surface area contributed by atoms with Gasteiger partial charge in [0.05, 0.1) is 0 Å². The van der Waals surface area contributed by atoms with E-state index in [1.54, 1.807) is 0 Å². The molecule has 4 nitrogen and oxygen atoms in total. The molecule has 0 aliphatic carbocycles. The summed E-state index contributed by atoms with van der Waals surface area (Å²) in [4.78, 5) is 8.84. The van der Waals surface area contributed by atoms with Crippen LogP contribution in [0.5, 0.6) is 0 Å². The molecule has 0 bridgehead atoms. The molecule has 0 fully saturated rings. The fourth-order valence-corrected chi connectivity index (χ4v) is 1.33. The summed E-state index contributed by atoms with van der Waals surface area (Å²) in [6.07, 6.45) is 0. The van der Waals surface area contributed by atoms with Crippen molar-refractivity contribution in [2.45, 2.75) is 47.5 Å².